The zero-order chi connectivity index (χ0) is 18.1. The molecule has 0 saturated carbocycles. The summed E-state index contributed by atoms with van der Waals surface area (Å²) in [6.45, 7) is 4.12. The summed E-state index contributed by atoms with van der Waals surface area (Å²) in [7, 11) is 0. The summed E-state index contributed by atoms with van der Waals surface area (Å²) in [4.78, 5) is 13.0. The first-order valence-corrected chi connectivity index (χ1v) is 8.09. The van der Waals surface area contributed by atoms with Gasteiger partial charge >= 0.3 is 6.08 Å². The van der Waals surface area contributed by atoms with Crippen LogP contribution in [0.15, 0.2) is 41.1 Å². The van der Waals surface area contributed by atoms with Crippen molar-refractivity contribution >= 4 is 5.78 Å². The summed E-state index contributed by atoms with van der Waals surface area (Å²) in [5, 5.41) is 3.87. The van der Waals surface area contributed by atoms with Gasteiger partial charge < -0.3 is 4.74 Å². The standard InChI is InChI=1S/C18H16FN5O2/c1-11-7-12(2)24-9-15(21-17(24)20-11)10-25-18-22-16(23-26-18)8-13-3-5-14(19)6-4-13/h3-7,9H,8,10H2,1-2H3. The van der Waals surface area contributed by atoms with Crippen molar-refractivity contribution in [2.75, 3.05) is 0 Å². The van der Waals surface area contributed by atoms with Gasteiger partial charge in [-0.1, -0.05) is 17.3 Å². The summed E-state index contributed by atoms with van der Waals surface area (Å²) in [5.41, 5.74) is 3.56. The zero-order valence-corrected chi connectivity index (χ0v) is 14.3. The number of rotatable bonds is 5. The molecule has 132 valence electrons. The molecule has 3 heterocycles. The smallest absolute Gasteiger partial charge is 0.417 e. The number of hydrogen-bond donors (Lipinski definition) is 0. The van der Waals surface area contributed by atoms with Crippen LogP contribution in [0.3, 0.4) is 0 Å². The van der Waals surface area contributed by atoms with Crippen molar-refractivity contribution in [1.29, 1.82) is 0 Å². The van der Waals surface area contributed by atoms with Gasteiger partial charge in [-0.3, -0.25) is 8.92 Å². The van der Waals surface area contributed by atoms with Gasteiger partial charge in [0.2, 0.25) is 5.78 Å². The number of fused-ring (bicyclic) bond motifs is 1. The van der Waals surface area contributed by atoms with Crippen LogP contribution in [-0.4, -0.2) is 24.5 Å². The molecular formula is C18H16FN5O2. The Hall–Kier alpha value is -3.29. The van der Waals surface area contributed by atoms with Gasteiger partial charge in [0.25, 0.3) is 0 Å². The topological polar surface area (TPSA) is 78.3 Å². The van der Waals surface area contributed by atoms with Gasteiger partial charge in [0.05, 0.1) is 5.69 Å². The summed E-state index contributed by atoms with van der Waals surface area (Å²) in [6, 6.07) is 8.14. The van der Waals surface area contributed by atoms with E-state index in [1.807, 2.05) is 30.5 Å². The number of benzene rings is 1. The highest BCUT2D eigenvalue weighted by atomic mass is 19.1. The summed E-state index contributed by atoms with van der Waals surface area (Å²) in [5.74, 6) is 0.816. The van der Waals surface area contributed by atoms with Gasteiger partial charge in [-0.15, -0.1) is 0 Å². The van der Waals surface area contributed by atoms with Crippen molar-refractivity contribution < 1.29 is 13.7 Å². The predicted octanol–water partition coefficient (Wildman–Crippen LogP) is 3.04. The Morgan fingerprint density at radius 3 is 2.73 bits per heavy atom. The maximum absolute atomic E-state index is 12.9. The van der Waals surface area contributed by atoms with Crippen molar-refractivity contribution in [3.63, 3.8) is 0 Å². The molecule has 1 aromatic carbocycles. The Balaban J connectivity index is 1.43. The molecule has 0 N–H and O–H groups in total. The number of ether oxygens (including phenoxy) is 1. The monoisotopic (exact) mass is 353 g/mol. The first-order valence-electron chi connectivity index (χ1n) is 8.09. The lowest BCUT2D eigenvalue weighted by molar-refractivity contribution is 0.193. The molecule has 0 unspecified atom stereocenters. The number of aromatic nitrogens is 5. The number of imidazole rings is 1. The molecule has 0 spiro atoms. The fraction of sp³-hybridized carbons (Fsp3) is 0.222. The molecule has 0 aliphatic carbocycles. The number of halogens is 1. The van der Waals surface area contributed by atoms with Crippen LogP contribution in [0.5, 0.6) is 6.08 Å². The minimum absolute atomic E-state index is 0.0695. The van der Waals surface area contributed by atoms with E-state index < -0.39 is 0 Å². The van der Waals surface area contributed by atoms with Crippen LogP contribution in [0, 0.1) is 19.7 Å². The SMILES string of the molecule is Cc1cc(C)n2cc(COc3nc(Cc4ccc(F)cc4)no3)nc2n1. The average Bonchev–Trinajstić information content (AvgIpc) is 3.22. The van der Waals surface area contributed by atoms with E-state index >= 15 is 0 Å². The van der Waals surface area contributed by atoms with Gasteiger partial charge in [-0.2, -0.15) is 4.98 Å². The maximum atomic E-state index is 12.9. The minimum atomic E-state index is -0.279. The molecule has 0 fully saturated rings. The van der Waals surface area contributed by atoms with E-state index in [0.717, 1.165) is 17.0 Å². The van der Waals surface area contributed by atoms with Gasteiger partial charge in [-0.05, 0) is 37.6 Å². The van der Waals surface area contributed by atoms with Crippen LogP contribution >= 0.6 is 0 Å². The highest BCUT2D eigenvalue weighted by Crippen LogP contribution is 2.14. The Morgan fingerprint density at radius 1 is 1.12 bits per heavy atom. The molecular weight excluding hydrogens is 337 g/mol. The molecule has 4 aromatic rings. The van der Waals surface area contributed by atoms with E-state index in [9.17, 15) is 4.39 Å². The Labute approximate surface area is 148 Å². The van der Waals surface area contributed by atoms with E-state index in [0.29, 0.717) is 23.7 Å². The van der Waals surface area contributed by atoms with Gasteiger partial charge in [0.15, 0.2) is 5.82 Å². The Kier molecular flexibility index (Phi) is 4.08. The van der Waals surface area contributed by atoms with Crippen molar-refractivity contribution in [2.24, 2.45) is 0 Å². The molecule has 0 aliphatic heterocycles. The summed E-state index contributed by atoms with van der Waals surface area (Å²) < 4.78 is 25.5. The highest BCUT2D eigenvalue weighted by Gasteiger charge is 2.11. The van der Waals surface area contributed by atoms with E-state index in [1.165, 1.54) is 12.1 Å². The molecule has 0 bridgehead atoms. The molecule has 7 nitrogen and oxygen atoms in total. The van der Waals surface area contributed by atoms with E-state index in [4.69, 9.17) is 9.26 Å². The van der Waals surface area contributed by atoms with Crippen LogP contribution in [-0.2, 0) is 13.0 Å². The number of hydrogen-bond acceptors (Lipinski definition) is 6. The normalized spacial score (nSPS) is 11.2. The number of nitrogens with zero attached hydrogens (tertiary/aromatic N) is 5. The molecule has 0 aliphatic rings. The fourth-order valence-electron chi connectivity index (χ4n) is 2.68. The lowest BCUT2D eigenvalue weighted by Crippen LogP contribution is -1.96. The fourth-order valence-corrected chi connectivity index (χ4v) is 2.68. The molecule has 8 heteroatoms. The molecule has 0 saturated heterocycles. The lowest BCUT2D eigenvalue weighted by atomic mass is 10.1. The maximum Gasteiger partial charge on any atom is 0.417 e. The third kappa shape index (κ3) is 3.39. The average molecular weight is 353 g/mol. The van der Waals surface area contributed by atoms with Crippen LogP contribution in [0.4, 0.5) is 4.39 Å². The van der Waals surface area contributed by atoms with Crippen LogP contribution in [0.1, 0.15) is 28.5 Å². The van der Waals surface area contributed by atoms with Crippen LogP contribution in [0.25, 0.3) is 5.78 Å². The quantitative estimate of drug-likeness (QED) is 0.549. The molecule has 26 heavy (non-hydrogen) atoms. The van der Waals surface area contributed by atoms with Crippen molar-refractivity contribution in [3.8, 4) is 6.08 Å². The van der Waals surface area contributed by atoms with Gasteiger partial charge in [-0.25, -0.2) is 14.4 Å². The molecule has 0 atom stereocenters. The zero-order valence-electron chi connectivity index (χ0n) is 14.3. The Bertz CT molecular complexity index is 1060. The van der Waals surface area contributed by atoms with Crippen LogP contribution < -0.4 is 4.74 Å². The summed E-state index contributed by atoms with van der Waals surface area (Å²) in [6.07, 6.45) is 2.37. The predicted molar refractivity (Wildman–Crippen MR) is 90.3 cm³/mol. The summed E-state index contributed by atoms with van der Waals surface area (Å²) >= 11 is 0. The third-order valence-electron chi connectivity index (χ3n) is 3.88. The van der Waals surface area contributed by atoms with Gasteiger partial charge in [0, 0.05) is 24.0 Å². The van der Waals surface area contributed by atoms with E-state index in [-0.39, 0.29) is 18.5 Å². The first kappa shape index (κ1) is 16.2. The third-order valence-corrected chi connectivity index (χ3v) is 3.88. The van der Waals surface area contributed by atoms with E-state index in [2.05, 4.69) is 20.1 Å². The first-order chi connectivity index (χ1) is 12.6. The van der Waals surface area contributed by atoms with Crippen molar-refractivity contribution in [3.05, 3.63) is 70.8 Å². The molecule has 3 aromatic heterocycles. The van der Waals surface area contributed by atoms with Crippen molar-refractivity contribution in [1.82, 2.24) is 24.5 Å². The second kappa shape index (κ2) is 6.55. The van der Waals surface area contributed by atoms with Crippen molar-refractivity contribution in [2.45, 2.75) is 26.9 Å². The second-order valence-corrected chi connectivity index (χ2v) is 6.01. The van der Waals surface area contributed by atoms with E-state index in [1.54, 1.807) is 12.1 Å². The van der Waals surface area contributed by atoms with Crippen LogP contribution in [0.2, 0.25) is 0 Å². The minimum Gasteiger partial charge on any atom is -0.442 e. The van der Waals surface area contributed by atoms with Gasteiger partial charge in [0.1, 0.15) is 12.4 Å². The lowest BCUT2D eigenvalue weighted by Gasteiger charge is -1.98. The largest absolute Gasteiger partial charge is 0.442 e. The molecule has 0 amide bonds. The second-order valence-electron chi connectivity index (χ2n) is 6.01. The Morgan fingerprint density at radius 2 is 1.92 bits per heavy atom. The number of aryl methyl sites for hydroxylation is 2. The molecule has 4 rings (SSSR count). The molecule has 0 radical (unpaired) electrons. The highest BCUT2D eigenvalue weighted by molar-refractivity contribution is 5.34.